The number of hydrogen-bond acceptors (Lipinski definition) is 6. The maximum Gasteiger partial charge on any atom is 0.302 e. The van der Waals surface area contributed by atoms with Gasteiger partial charge in [0.25, 0.3) is 0 Å². The lowest BCUT2D eigenvalue weighted by Gasteiger charge is -2.70. The second-order valence-corrected chi connectivity index (χ2v) is 16.6. The van der Waals surface area contributed by atoms with E-state index in [-0.39, 0.29) is 69.3 Å². The van der Waals surface area contributed by atoms with Gasteiger partial charge in [-0.1, -0.05) is 34.6 Å². The fourth-order valence-corrected chi connectivity index (χ4v) is 11.8. The molecule has 0 aromatic carbocycles. The van der Waals surface area contributed by atoms with Crippen molar-refractivity contribution in [3.63, 3.8) is 0 Å². The summed E-state index contributed by atoms with van der Waals surface area (Å²) in [6, 6.07) is 0. The molecule has 1 saturated heterocycles. The van der Waals surface area contributed by atoms with Crippen LogP contribution in [0.3, 0.4) is 0 Å². The summed E-state index contributed by atoms with van der Waals surface area (Å²) in [5.41, 5.74) is -1.10. The van der Waals surface area contributed by atoms with Gasteiger partial charge in [-0.15, -0.1) is 0 Å². The third-order valence-electron chi connectivity index (χ3n) is 13.8. The Kier molecular flexibility index (Phi) is 7.15. The van der Waals surface area contributed by atoms with Crippen LogP contribution in [0.15, 0.2) is 0 Å². The summed E-state index contributed by atoms with van der Waals surface area (Å²) >= 11 is 0. The summed E-state index contributed by atoms with van der Waals surface area (Å²) in [5.74, 6) is 1.00. The SMILES string of the molecule is CC(=O)O[C@@H]1C[C@@H]2[C@@]3(C)CC[C@@H](OC(C)=O)C(C)(C)[C@H]3CC[C@@]2(C)[C@]2(C)CC[C@H]([C@@]3(C)CC[C@@H](C(C)(C)O)O3)[C@H]12. The van der Waals surface area contributed by atoms with Crippen molar-refractivity contribution in [3.8, 4) is 0 Å². The fraction of sp³-hybridized carbons (Fsp3) is 0.941. The number of carbonyl (C=O) groups is 2. The topological polar surface area (TPSA) is 82.1 Å². The number of rotatable bonds is 4. The minimum atomic E-state index is -0.872. The van der Waals surface area contributed by atoms with E-state index in [1.165, 1.54) is 6.92 Å². The zero-order chi connectivity index (χ0) is 29.7. The van der Waals surface area contributed by atoms with Gasteiger partial charge in [-0.2, -0.15) is 0 Å². The van der Waals surface area contributed by atoms with E-state index in [0.29, 0.717) is 11.8 Å². The van der Waals surface area contributed by atoms with E-state index in [9.17, 15) is 14.7 Å². The van der Waals surface area contributed by atoms with Crippen LogP contribution in [-0.2, 0) is 23.8 Å². The summed E-state index contributed by atoms with van der Waals surface area (Å²) < 4.78 is 19.0. The van der Waals surface area contributed by atoms with Crippen molar-refractivity contribution in [2.24, 2.45) is 45.3 Å². The van der Waals surface area contributed by atoms with Gasteiger partial charge >= 0.3 is 11.9 Å². The summed E-state index contributed by atoms with van der Waals surface area (Å²) in [4.78, 5) is 24.6. The second-order valence-electron chi connectivity index (χ2n) is 16.6. The van der Waals surface area contributed by atoms with Crippen molar-refractivity contribution in [1.82, 2.24) is 0 Å². The van der Waals surface area contributed by atoms with E-state index in [4.69, 9.17) is 14.2 Å². The first-order chi connectivity index (χ1) is 18.3. The quantitative estimate of drug-likeness (QED) is 0.379. The number of ether oxygens (including phenoxy) is 3. The molecule has 0 radical (unpaired) electrons. The van der Waals surface area contributed by atoms with Crippen LogP contribution in [0.25, 0.3) is 0 Å². The van der Waals surface area contributed by atoms with Gasteiger partial charge < -0.3 is 19.3 Å². The highest BCUT2D eigenvalue weighted by Crippen LogP contribution is 2.76. The van der Waals surface area contributed by atoms with E-state index >= 15 is 0 Å². The lowest BCUT2D eigenvalue weighted by atomic mass is 9.35. The van der Waals surface area contributed by atoms with E-state index in [1.54, 1.807) is 6.92 Å². The van der Waals surface area contributed by atoms with Crippen molar-refractivity contribution >= 4 is 11.9 Å². The van der Waals surface area contributed by atoms with Gasteiger partial charge in [0.1, 0.15) is 12.2 Å². The molecular weight excluding hydrogens is 504 g/mol. The van der Waals surface area contributed by atoms with Gasteiger partial charge in [0.05, 0.1) is 17.3 Å². The molecule has 4 aliphatic carbocycles. The number of aliphatic hydroxyl groups is 1. The predicted molar refractivity (Wildman–Crippen MR) is 154 cm³/mol. The van der Waals surface area contributed by atoms with Crippen LogP contribution in [-0.4, -0.2) is 46.6 Å². The van der Waals surface area contributed by atoms with Crippen LogP contribution in [0, 0.1) is 45.3 Å². The van der Waals surface area contributed by atoms with Crippen LogP contribution >= 0.6 is 0 Å². The molecule has 228 valence electrons. The summed E-state index contributed by atoms with van der Waals surface area (Å²) in [7, 11) is 0. The van der Waals surface area contributed by atoms with Gasteiger partial charge in [-0.3, -0.25) is 9.59 Å². The van der Waals surface area contributed by atoms with Gasteiger partial charge in [0.15, 0.2) is 0 Å². The third-order valence-corrected chi connectivity index (χ3v) is 13.8. The largest absolute Gasteiger partial charge is 0.462 e. The van der Waals surface area contributed by atoms with E-state index in [1.807, 2.05) is 13.8 Å². The Hall–Kier alpha value is -1.14. The predicted octanol–water partition coefficient (Wildman–Crippen LogP) is 6.85. The maximum atomic E-state index is 12.6. The molecule has 0 spiro atoms. The van der Waals surface area contributed by atoms with Crippen LogP contribution in [0.1, 0.15) is 127 Å². The van der Waals surface area contributed by atoms with Crippen molar-refractivity contribution < 1.29 is 28.9 Å². The van der Waals surface area contributed by atoms with Crippen LogP contribution in [0.5, 0.6) is 0 Å². The van der Waals surface area contributed by atoms with E-state index in [0.717, 1.165) is 57.8 Å². The fourth-order valence-electron chi connectivity index (χ4n) is 11.8. The lowest BCUT2D eigenvalue weighted by Crippen LogP contribution is -2.67. The van der Waals surface area contributed by atoms with Crippen molar-refractivity contribution in [2.75, 3.05) is 0 Å². The van der Waals surface area contributed by atoms with Gasteiger partial charge in [0, 0.05) is 25.2 Å². The zero-order valence-corrected chi connectivity index (χ0v) is 26.9. The Balaban J connectivity index is 1.52. The first-order valence-electron chi connectivity index (χ1n) is 16.0. The average molecular weight is 561 g/mol. The number of esters is 2. The molecule has 1 heterocycles. The van der Waals surface area contributed by atoms with Crippen LogP contribution in [0.2, 0.25) is 0 Å². The molecule has 0 aromatic rings. The van der Waals surface area contributed by atoms with Gasteiger partial charge in [0.2, 0.25) is 0 Å². The molecule has 6 heteroatoms. The molecule has 5 fully saturated rings. The van der Waals surface area contributed by atoms with E-state index in [2.05, 4.69) is 41.5 Å². The molecule has 1 N–H and O–H groups in total. The Bertz CT molecular complexity index is 1030. The Morgan fingerprint density at radius 2 is 1.43 bits per heavy atom. The highest BCUT2D eigenvalue weighted by Gasteiger charge is 2.72. The van der Waals surface area contributed by atoms with Crippen molar-refractivity contribution in [2.45, 2.75) is 157 Å². The third kappa shape index (κ3) is 4.31. The van der Waals surface area contributed by atoms with Gasteiger partial charge in [-0.05, 0) is 113 Å². The second kappa shape index (κ2) is 9.43. The standard InChI is InChI=1S/C34H56O6/c1-20(35)38-23-19-25-31(7)15-13-26(39-21(2)36)29(3,4)24(31)12-17-32(25,8)33(9)16-11-22(28(23)33)34(10)18-14-27(40-34)30(5,6)37/h22-28,37H,11-19H2,1-10H3/t22-,23+,24+,25+,26+,27-,28+,31-,32+,33+,34+/m0/s1. The molecule has 40 heavy (non-hydrogen) atoms. The van der Waals surface area contributed by atoms with Gasteiger partial charge in [-0.25, -0.2) is 0 Å². The minimum Gasteiger partial charge on any atom is -0.462 e. The molecule has 6 nitrogen and oxygen atoms in total. The first kappa shape index (κ1) is 30.3. The first-order valence-corrected chi connectivity index (χ1v) is 16.0. The highest BCUT2D eigenvalue weighted by atomic mass is 16.6. The molecule has 0 bridgehead atoms. The Morgan fingerprint density at radius 1 is 0.800 bits per heavy atom. The molecule has 5 aliphatic rings. The molecule has 4 saturated carbocycles. The molecule has 1 aliphatic heterocycles. The van der Waals surface area contributed by atoms with Crippen LogP contribution in [0.4, 0.5) is 0 Å². The molecule has 0 unspecified atom stereocenters. The zero-order valence-electron chi connectivity index (χ0n) is 26.9. The minimum absolute atomic E-state index is 0.0186. The normalized spacial score (nSPS) is 49.9. The monoisotopic (exact) mass is 560 g/mol. The number of fused-ring (bicyclic) bond motifs is 5. The Morgan fingerprint density at radius 3 is 2.00 bits per heavy atom. The number of carbonyl (C=O) groups excluding carboxylic acids is 2. The summed E-state index contributed by atoms with van der Waals surface area (Å²) in [5, 5.41) is 10.8. The smallest absolute Gasteiger partial charge is 0.302 e. The summed E-state index contributed by atoms with van der Waals surface area (Å²) in [6.07, 6.45) is 8.68. The van der Waals surface area contributed by atoms with Crippen LogP contribution < -0.4 is 0 Å². The van der Waals surface area contributed by atoms with Crippen molar-refractivity contribution in [3.05, 3.63) is 0 Å². The maximum absolute atomic E-state index is 12.6. The molecule has 0 amide bonds. The van der Waals surface area contributed by atoms with E-state index < -0.39 is 5.60 Å². The average Bonchev–Trinajstić information content (AvgIpc) is 3.39. The molecule has 5 rings (SSSR count). The summed E-state index contributed by atoms with van der Waals surface area (Å²) in [6.45, 7) is 21.2. The molecule has 11 atom stereocenters. The Labute approximate surface area is 242 Å². The number of hydrogen-bond donors (Lipinski definition) is 1. The highest BCUT2D eigenvalue weighted by molar-refractivity contribution is 5.66. The van der Waals surface area contributed by atoms with Crippen molar-refractivity contribution in [1.29, 1.82) is 0 Å². The molecular formula is C34H56O6. The lowest BCUT2D eigenvalue weighted by molar-refractivity contribution is -0.254. The molecule has 0 aromatic heterocycles.